The van der Waals surface area contributed by atoms with Crippen LogP contribution < -0.4 is 20.1 Å². The lowest BCUT2D eigenvalue weighted by Gasteiger charge is -2.17. The van der Waals surface area contributed by atoms with Gasteiger partial charge < -0.3 is 25.0 Å². The number of nitrogens with one attached hydrogen (secondary N) is 2. The van der Waals surface area contributed by atoms with Gasteiger partial charge in [0.2, 0.25) is 5.95 Å². The summed E-state index contributed by atoms with van der Waals surface area (Å²) in [5.41, 5.74) is 1.72. The summed E-state index contributed by atoms with van der Waals surface area (Å²) in [4.78, 5) is 28.0. The Bertz CT molecular complexity index is 1250. The van der Waals surface area contributed by atoms with Crippen LogP contribution in [0.4, 0.5) is 16.0 Å². The van der Waals surface area contributed by atoms with Crippen molar-refractivity contribution in [2.75, 3.05) is 44.7 Å². The minimum atomic E-state index is -0.561. The summed E-state index contributed by atoms with van der Waals surface area (Å²) in [6.45, 7) is 4.63. The molecule has 0 aliphatic carbocycles. The lowest BCUT2D eigenvalue weighted by molar-refractivity contribution is 0.0945. The Labute approximate surface area is 221 Å². The van der Waals surface area contributed by atoms with Gasteiger partial charge in [0.1, 0.15) is 17.2 Å². The van der Waals surface area contributed by atoms with E-state index in [-0.39, 0.29) is 17.5 Å². The predicted molar refractivity (Wildman–Crippen MR) is 142 cm³/mol. The Hall–Kier alpha value is -3.79. The number of anilines is 2. The number of hydrogen-bond donors (Lipinski definition) is 2. The second-order valence-electron chi connectivity index (χ2n) is 9.55. The summed E-state index contributed by atoms with van der Waals surface area (Å²) < 4.78 is 26.6. The van der Waals surface area contributed by atoms with E-state index in [1.54, 1.807) is 36.7 Å². The third kappa shape index (κ3) is 6.74. The lowest BCUT2D eigenvalue weighted by Crippen LogP contribution is -2.33. The molecule has 0 saturated carbocycles. The van der Waals surface area contributed by atoms with Gasteiger partial charge in [-0.2, -0.15) is 0 Å². The van der Waals surface area contributed by atoms with Gasteiger partial charge in [0.05, 0.1) is 31.2 Å². The molecule has 10 heteroatoms. The standard InChI is InChI=1S/C28H33FN6O3/c29-24-19-32-28-33-21-7-8-23(27(36)31-9-12-35-10-3-4-11-35)25(16-21)38-14-6-2-1-5-13-37-22-15-20(17-30-18-22)26(24)34-28/h7-8,15-19H,1-6,9-14H2,(H,31,36)(H,32,33,34). The molecule has 0 spiro atoms. The maximum Gasteiger partial charge on any atom is 0.255 e. The fourth-order valence-corrected chi connectivity index (χ4v) is 4.65. The van der Waals surface area contributed by atoms with E-state index in [4.69, 9.17) is 9.47 Å². The van der Waals surface area contributed by atoms with Crippen LogP contribution in [0, 0.1) is 5.82 Å². The molecule has 0 atom stereocenters. The topological polar surface area (TPSA) is 102 Å². The summed E-state index contributed by atoms with van der Waals surface area (Å²) >= 11 is 0. The first kappa shape index (κ1) is 25.8. The summed E-state index contributed by atoms with van der Waals surface area (Å²) in [5.74, 6) is 0.532. The SMILES string of the molecule is O=C(NCCN1CCCC1)c1ccc2cc1OCCCCCCOc1cncc(c1)-c1nc(ncc1F)N2. The van der Waals surface area contributed by atoms with Crippen LogP contribution in [-0.4, -0.2) is 65.2 Å². The third-order valence-corrected chi connectivity index (χ3v) is 6.69. The van der Waals surface area contributed by atoms with E-state index in [0.717, 1.165) is 51.5 Å². The molecule has 0 unspecified atom stereocenters. The first-order valence-corrected chi connectivity index (χ1v) is 13.3. The van der Waals surface area contributed by atoms with Crippen LogP contribution in [0.5, 0.6) is 11.5 Å². The zero-order chi connectivity index (χ0) is 26.2. The van der Waals surface area contributed by atoms with Crippen molar-refractivity contribution in [1.29, 1.82) is 0 Å². The molecule has 5 rings (SSSR count). The molecule has 38 heavy (non-hydrogen) atoms. The number of pyridine rings is 1. The maximum absolute atomic E-state index is 14.7. The minimum absolute atomic E-state index is 0.118. The number of halogens is 1. The summed E-state index contributed by atoms with van der Waals surface area (Å²) in [6.07, 6.45) is 10.4. The zero-order valence-electron chi connectivity index (χ0n) is 21.4. The van der Waals surface area contributed by atoms with Gasteiger partial charge in [0, 0.05) is 36.6 Å². The van der Waals surface area contributed by atoms with Gasteiger partial charge in [-0.1, -0.05) is 0 Å². The van der Waals surface area contributed by atoms with E-state index < -0.39 is 5.82 Å². The monoisotopic (exact) mass is 520 g/mol. The van der Waals surface area contributed by atoms with Crippen LogP contribution >= 0.6 is 0 Å². The molecule has 1 amide bonds. The predicted octanol–water partition coefficient (Wildman–Crippen LogP) is 4.58. The number of fused-ring (bicyclic) bond motifs is 7. The molecule has 6 bridgehead atoms. The second kappa shape index (κ2) is 12.6. The molecule has 2 N–H and O–H groups in total. The molecule has 4 heterocycles. The van der Waals surface area contributed by atoms with E-state index in [1.165, 1.54) is 12.8 Å². The quantitative estimate of drug-likeness (QED) is 0.516. The number of likely N-dealkylation sites (tertiary alicyclic amines) is 1. The fraction of sp³-hybridized carbons (Fsp3) is 0.429. The third-order valence-electron chi connectivity index (χ3n) is 6.69. The van der Waals surface area contributed by atoms with Crippen molar-refractivity contribution >= 4 is 17.5 Å². The number of carbonyl (C=O) groups excluding carboxylic acids is 1. The van der Waals surface area contributed by atoms with Crippen LogP contribution in [0.25, 0.3) is 11.3 Å². The number of aromatic nitrogens is 3. The van der Waals surface area contributed by atoms with Crippen molar-refractivity contribution in [3.63, 3.8) is 0 Å². The molecule has 2 aliphatic rings. The van der Waals surface area contributed by atoms with Gasteiger partial charge >= 0.3 is 0 Å². The molecule has 200 valence electrons. The lowest BCUT2D eigenvalue weighted by atomic mass is 10.1. The molecule has 1 fully saturated rings. The molecular formula is C28H33FN6O3. The van der Waals surface area contributed by atoms with Crippen molar-refractivity contribution in [3.8, 4) is 22.8 Å². The summed E-state index contributed by atoms with van der Waals surface area (Å²) in [5, 5.41) is 6.13. The van der Waals surface area contributed by atoms with E-state index in [1.807, 2.05) is 0 Å². The van der Waals surface area contributed by atoms with Crippen molar-refractivity contribution in [1.82, 2.24) is 25.2 Å². The summed E-state index contributed by atoms with van der Waals surface area (Å²) in [6, 6.07) is 6.99. The fourth-order valence-electron chi connectivity index (χ4n) is 4.65. The van der Waals surface area contributed by atoms with E-state index in [2.05, 4.69) is 30.5 Å². The Morgan fingerprint density at radius 3 is 2.66 bits per heavy atom. The maximum atomic E-state index is 14.7. The molecule has 0 radical (unpaired) electrons. The molecule has 2 aliphatic heterocycles. The highest BCUT2D eigenvalue weighted by Gasteiger charge is 2.17. The van der Waals surface area contributed by atoms with Crippen LogP contribution in [0.15, 0.2) is 42.9 Å². The van der Waals surface area contributed by atoms with Gasteiger partial charge in [-0.3, -0.25) is 9.78 Å². The molecule has 3 aromatic rings. The number of amides is 1. The summed E-state index contributed by atoms with van der Waals surface area (Å²) in [7, 11) is 0. The number of hydrogen-bond acceptors (Lipinski definition) is 8. The largest absolute Gasteiger partial charge is 0.493 e. The molecular weight excluding hydrogens is 487 g/mol. The van der Waals surface area contributed by atoms with Crippen molar-refractivity contribution in [3.05, 3.63) is 54.2 Å². The first-order chi connectivity index (χ1) is 18.7. The second-order valence-corrected chi connectivity index (χ2v) is 9.55. The average Bonchev–Trinajstić information content (AvgIpc) is 3.45. The number of rotatable bonds is 4. The number of benzene rings is 1. The Morgan fingerprint density at radius 1 is 1.00 bits per heavy atom. The molecule has 2 aromatic heterocycles. The zero-order valence-corrected chi connectivity index (χ0v) is 21.4. The van der Waals surface area contributed by atoms with Gasteiger partial charge in [-0.15, -0.1) is 0 Å². The normalized spacial score (nSPS) is 16.3. The smallest absolute Gasteiger partial charge is 0.255 e. The van der Waals surface area contributed by atoms with Crippen LogP contribution in [0.3, 0.4) is 0 Å². The Kier molecular flexibility index (Phi) is 8.60. The van der Waals surface area contributed by atoms with Gasteiger partial charge in [0.25, 0.3) is 5.91 Å². The van der Waals surface area contributed by atoms with Crippen LogP contribution in [0.1, 0.15) is 48.9 Å². The molecule has 1 saturated heterocycles. The van der Waals surface area contributed by atoms with Crippen LogP contribution in [-0.2, 0) is 0 Å². The number of carbonyl (C=O) groups is 1. The van der Waals surface area contributed by atoms with E-state index >= 15 is 0 Å². The van der Waals surface area contributed by atoms with Crippen molar-refractivity contribution in [2.24, 2.45) is 0 Å². The highest BCUT2D eigenvalue weighted by Crippen LogP contribution is 2.28. The Balaban J connectivity index is 1.37. The Morgan fingerprint density at radius 2 is 1.82 bits per heavy atom. The van der Waals surface area contributed by atoms with Crippen molar-refractivity contribution < 1.29 is 18.7 Å². The minimum Gasteiger partial charge on any atom is -0.493 e. The van der Waals surface area contributed by atoms with Crippen molar-refractivity contribution in [2.45, 2.75) is 38.5 Å². The molecule has 9 nitrogen and oxygen atoms in total. The van der Waals surface area contributed by atoms with Gasteiger partial charge in [0.15, 0.2) is 5.82 Å². The first-order valence-electron chi connectivity index (χ1n) is 13.3. The molecule has 1 aromatic carbocycles. The average molecular weight is 521 g/mol. The van der Waals surface area contributed by atoms with E-state index in [9.17, 15) is 9.18 Å². The van der Waals surface area contributed by atoms with Crippen LogP contribution in [0.2, 0.25) is 0 Å². The van der Waals surface area contributed by atoms with Gasteiger partial charge in [-0.05, 0) is 69.8 Å². The number of nitrogens with zero attached hydrogens (tertiary/aromatic N) is 4. The van der Waals surface area contributed by atoms with Gasteiger partial charge in [-0.25, -0.2) is 14.4 Å². The highest BCUT2D eigenvalue weighted by molar-refractivity contribution is 5.97. The van der Waals surface area contributed by atoms with E-state index in [0.29, 0.717) is 48.1 Å². The highest BCUT2D eigenvalue weighted by atomic mass is 19.1. The number of ether oxygens (including phenoxy) is 2.